The quantitative estimate of drug-likeness (QED) is 0.282. The van der Waals surface area contributed by atoms with E-state index in [0.717, 1.165) is 17.1 Å². The van der Waals surface area contributed by atoms with Crippen molar-refractivity contribution in [3.8, 4) is 11.5 Å². The molecule has 174 valence electrons. The molecule has 34 heavy (non-hydrogen) atoms. The van der Waals surface area contributed by atoms with Crippen LogP contribution in [0.25, 0.3) is 0 Å². The third-order valence-electron chi connectivity index (χ3n) is 5.01. The molecule has 0 saturated heterocycles. The normalized spacial score (nSPS) is 10.7. The number of carbonyl (C=O) groups is 1. The smallest absolute Gasteiger partial charge is 0.256 e. The monoisotopic (exact) mass is 543 g/mol. The molecule has 9 heteroatoms. The van der Waals surface area contributed by atoms with Crippen LogP contribution in [0.4, 0.5) is 10.2 Å². The molecule has 1 amide bonds. The largest absolute Gasteiger partial charge is 0.497 e. The number of amides is 1. The number of carbonyl (C=O) groups excluding carboxylic acids is 1. The van der Waals surface area contributed by atoms with Gasteiger partial charge < -0.3 is 14.8 Å². The summed E-state index contributed by atoms with van der Waals surface area (Å²) in [5, 5.41) is 7.40. The summed E-state index contributed by atoms with van der Waals surface area (Å²) in [6.07, 6.45) is 1.65. The highest BCUT2D eigenvalue weighted by Crippen LogP contribution is 2.25. The Kier molecular flexibility index (Phi) is 7.49. The summed E-state index contributed by atoms with van der Waals surface area (Å²) >= 11 is 9.48. The Morgan fingerprint density at radius 1 is 1.09 bits per heavy atom. The van der Waals surface area contributed by atoms with Gasteiger partial charge in [-0.1, -0.05) is 29.8 Å². The highest BCUT2D eigenvalue weighted by molar-refractivity contribution is 9.10. The van der Waals surface area contributed by atoms with Crippen LogP contribution in [-0.4, -0.2) is 22.8 Å². The Morgan fingerprint density at radius 2 is 1.79 bits per heavy atom. The lowest BCUT2D eigenvalue weighted by atomic mass is 10.1. The van der Waals surface area contributed by atoms with E-state index in [1.54, 1.807) is 37.6 Å². The summed E-state index contributed by atoms with van der Waals surface area (Å²) in [4.78, 5) is 12.7. The summed E-state index contributed by atoms with van der Waals surface area (Å²) in [7, 11) is 1.61. The van der Waals surface area contributed by atoms with Crippen LogP contribution in [0.5, 0.6) is 11.5 Å². The van der Waals surface area contributed by atoms with Gasteiger partial charge in [0.15, 0.2) is 5.82 Å². The molecular formula is C25H20BrClFN3O3. The number of methoxy groups -OCH3 is 1. The molecule has 0 saturated carbocycles. The van der Waals surface area contributed by atoms with Crippen LogP contribution in [0, 0.1) is 5.82 Å². The van der Waals surface area contributed by atoms with Crippen LogP contribution in [0.2, 0.25) is 5.02 Å². The van der Waals surface area contributed by atoms with Crippen LogP contribution in [0.1, 0.15) is 21.5 Å². The van der Waals surface area contributed by atoms with Gasteiger partial charge in [-0.05, 0) is 70.0 Å². The molecule has 0 bridgehead atoms. The molecule has 1 heterocycles. The van der Waals surface area contributed by atoms with E-state index in [-0.39, 0.29) is 12.5 Å². The Bertz CT molecular complexity index is 1270. The predicted octanol–water partition coefficient (Wildman–Crippen LogP) is 6.33. The van der Waals surface area contributed by atoms with Crippen molar-refractivity contribution in [1.82, 2.24) is 9.78 Å². The Balaban J connectivity index is 1.37. The van der Waals surface area contributed by atoms with Crippen LogP contribution in [-0.2, 0) is 13.2 Å². The van der Waals surface area contributed by atoms with Crippen molar-refractivity contribution in [2.24, 2.45) is 0 Å². The topological polar surface area (TPSA) is 65.4 Å². The number of nitrogens with zero attached hydrogens (tertiary/aromatic N) is 2. The molecule has 1 N–H and O–H groups in total. The van der Waals surface area contributed by atoms with Gasteiger partial charge in [0.05, 0.1) is 18.1 Å². The molecule has 3 aromatic carbocycles. The van der Waals surface area contributed by atoms with E-state index in [0.29, 0.717) is 33.0 Å². The molecule has 0 atom stereocenters. The minimum atomic E-state index is -0.416. The van der Waals surface area contributed by atoms with Gasteiger partial charge in [-0.25, -0.2) is 4.39 Å². The molecule has 4 aromatic rings. The lowest BCUT2D eigenvalue weighted by molar-refractivity contribution is 0.102. The molecule has 0 radical (unpaired) electrons. The van der Waals surface area contributed by atoms with Gasteiger partial charge in [-0.2, -0.15) is 5.10 Å². The molecule has 0 aliphatic carbocycles. The molecule has 0 spiro atoms. The van der Waals surface area contributed by atoms with Gasteiger partial charge in [0.1, 0.15) is 23.9 Å². The number of benzene rings is 3. The summed E-state index contributed by atoms with van der Waals surface area (Å²) in [6, 6.07) is 18.9. The van der Waals surface area contributed by atoms with Crippen molar-refractivity contribution in [3.05, 3.63) is 105 Å². The molecule has 0 aliphatic rings. The number of anilines is 1. The maximum atomic E-state index is 14.1. The van der Waals surface area contributed by atoms with E-state index in [4.69, 9.17) is 21.1 Å². The van der Waals surface area contributed by atoms with Gasteiger partial charge >= 0.3 is 0 Å². The third-order valence-corrected chi connectivity index (χ3v) is 5.95. The van der Waals surface area contributed by atoms with E-state index in [1.807, 2.05) is 36.4 Å². The second kappa shape index (κ2) is 10.7. The fourth-order valence-corrected chi connectivity index (χ4v) is 3.82. The Morgan fingerprint density at radius 3 is 2.47 bits per heavy atom. The SMILES string of the molecule is COc1ccc(OCc2ccc(C(=O)Nc3nn(Cc4c(F)cccc4Cl)cc3Br)cc2)cc1. The van der Waals surface area contributed by atoms with Gasteiger partial charge in [0.2, 0.25) is 0 Å². The lowest BCUT2D eigenvalue weighted by Gasteiger charge is -2.08. The zero-order chi connectivity index (χ0) is 24.1. The third kappa shape index (κ3) is 5.76. The maximum absolute atomic E-state index is 14.1. The zero-order valence-corrected chi connectivity index (χ0v) is 20.4. The second-order valence-electron chi connectivity index (χ2n) is 7.34. The van der Waals surface area contributed by atoms with E-state index >= 15 is 0 Å². The van der Waals surface area contributed by atoms with Crippen molar-refractivity contribution < 1.29 is 18.7 Å². The zero-order valence-electron chi connectivity index (χ0n) is 18.1. The van der Waals surface area contributed by atoms with Crippen molar-refractivity contribution in [3.63, 3.8) is 0 Å². The first-order valence-electron chi connectivity index (χ1n) is 10.3. The number of aromatic nitrogens is 2. The minimum absolute atomic E-state index is 0.128. The summed E-state index contributed by atoms with van der Waals surface area (Å²) in [5.74, 6) is 1.07. The summed E-state index contributed by atoms with van der Waals surface area (Å²) < 4.78 is 27.0. The van der Waals surface area contributed by atoms with Crippen LogP contribution >= 0.6 is 27.5 Å². The maximum Gasteiger partial charge on any atom is 0.256 e. The number of hydrogen-bond donors (Lipinski definition) is 1. The number of rotatable bonds is 8. The fraction of sp³-hybridized carbons (Fsp3) is 0.120. The fourth-order valence-electron chi connectivity index (χ4n) is 3.18. The Labute approximate surface area is 209 Å². The van der Waals surface area contributed by atoms with Crippen molar-refractivity contribution in [2.75, 3.05) is 12.4 Å². The number of halogens is 3. The second-order valence-corrected chi connectivity index (χ2v) is 8.60. The first-order chi connectivity index (χ1) is 16.4. The van der Waals surface area contributed by atoms with Crippen molar-refractivity contribution >= 4 is 39.3 Å². The van der Waals surface area contributed by atoms with Crippen molar-refractivity contribution in [2.45, 2.75) is 13.2 Å². The van der Waals surface area contributed by atoms with Gasteiger partial charge in [-0.15, -0.1) is 0 Å². The summed E-state index contributed by atoms with van der Waals surface area (Å²) in [5.41, 5.74) is 1.70. The standard InChI is InChI=1S/C25H20BrClFN3O3/c1-33-18-9-11-19(12-10-18)34-15-16-5-7-17(8-6-16)25(32)29-24-21(26)14-31(30-24)13-20-22(27)3-2-4-23(20)28/h2-12,14H,13,15H2,1H3,(H,29,30,32). The Hall–Kier alpha value is -3.36. The van der Waals surface area contributed by atoms with E-state index in [1.165, 1.54) is 10.7 Å². The minimum Gasteiger partial charge on any atom is -0.497 e. The number of hydrogen-bond acceptors (Lipinski definition) is 4. The number of nitrogens with one attached hydrogen (secondary N) is 1. The highest BCUT2D eigenvalue weighted by atomic mass is 79.9. The van der Waals surface area contributed by atoms with Gasteiger partial charge in [0.25, 0.3) is 5.91 Å². The molecule has 1 aromatic heterocycles. The van der Waals surface area contributed by atoms with Crippen molar-refractivity contribution in [1.29, 1.82) is 0 Å². The van der Waals surface area contributed by atoms with Crippen LogP contribution in [0.3, 0.4) is 0 Å². The van der Waals surface area contributed by atoms with Crippen LogP contribution < -0.4 is 14.8 Å². The first-order valence-corrected chi connectivity index (χ1v) is 11.4. The molecule has 6 nitrogen and oxygen atoms in total. The molecule has 0 fully saturated rings. The van der Waals surface area contributed by atoms with Gasteiger partial charge in [-0.3, -0.25) is 9.48 Å². The van der Waals surface area contributed by atoms with E-state index in [2.05, 4.69) is 26.3 Å². The average Bonchev–Trinajstić information content (AvgIpc) is 3.19. The molecular weight excluding hydrogens is 525 g/mol. The molecule has 0 aliphatic heterocycles. The van der Waals surface area contributed by atoms with Gasteiger partial charge in [0, 0.05) is 22.3 Å². The summed E-state index contributed by atoms with van der Waals surface area (Å²) in [6.45, 7) is 0.492. The first kappa shape index (κ1) is 23.8. The average molecular weight is 545 g/mol. The lowest BCUT2D eigenvalue weighted by Crippen LogP contribution is -2.13. The molecule has 4 rings (SSSR count). The van der Waals surface area contributed by atoms with Crippen LogP contribution in [0.15, 0.2) is 77.4 Å². The molecule has 0 unspecified atom stereocenters. The predicted molar refractivity (Wildman–Crippen MR) is 132 cm³/mol. The van der Waals surface area contributed by atoms with E-state index in [9.17, 15) is 9.18 Å². The number of ether oxygens (including phenoxy) is 2. The van der Waals surface area contributed by atoms with E-state index < -0.39 is 5.82 Å². The highest BCUT2D eigenvalue weighted by Gasteiger charge is 2.14.